The number of fused-ring (bicyclic) bond motifs is 3. The molecule has 0 saturated heterocycles. The van der Waals surface area contributed by atoms with Gasteiger partial charge in [-0.1, -0.05) is 50.6 Å². The van der Waals surface area contributed by atoms with Crippen LogP contribution < -0.4 is 0 Å². The molecule has 0 amide bonds. The van der Waals surface area contributed by atoms with Crippen molar-refractivity contribution >= 4 is 0 Å². The highest BCUT2D eigenvalue weighted by Gasteiger charge is 2.47. The lowest BCUT2D eigenvalue weighted by Crippen LogP contribution is -2.39. The highest BCUT2D eigenvalue weighted by atomic mass is 16.5. The van der Waals surface area contributed by atoms with E-state index in [1.807, 2.05) is 0 Å². The fraction of sp³-hybridized carbons (Fsp3) is 0.727. The first kappa shape index (κ1) is 17.0. The van der Waals surface area contributed by atoms with Crippen molar-refractivity contribution in [2.75, 3.05) is 0 Å². The summed E-state index contributed by atoms with van der Waals surface area (Å²) in [4.78, 5) is 0. The summed E-state index contributed by atoms with van der Waals surface area (Å²) in [5.41, 5.74) is 2.62. The van der Waals surface area contributed by atoms with E-state index in [-0.39, 0.29) is 11.2 Å². The lowest BCUT2D eigenvalue weighted by Gasteiger charge is -2.41. The lowest BCUT2D eigenvalue weighted by molar-refractivity contribution is -0.0808. The Morgan fingerprint density at radius 1 is 1.17 bits per heavy atom. The maximum absolute atomic E-state index is 6.62. The minimum atomic E-state index is -0.228. The van der Waals surface area contributed by atoms with Crippen molar-refractivity contribution in [3.8, 4) is 0 Å². The minimum absolute atomic E-state index is 0.135. The number of hydrogen-bond donors (Lipinski definition) is 0. The molecule has 0 spiro atoms. The molecular formula is C22H34O. The van der Waals surface area contributed by atoms with E-state index in [0.717, 1.165) is 11.8 Å². The normalized spacial score (nSPS) is 48.9. The average molecular weight is 315 g/mol. The summed E-state index contributed by atoms with van der Waals surface area (Å²) in [5, 5.41) is 0. The largest absolute Gasteiger partial charge is 0.356 e. The highest BCUT2D eigenvalue weighted by molar-refractivity contribution is 5.32. The fourth-order valence-electron chi connectivity index (χ4n) is 4.93. The molecule has 0 saturated carbocycles. The Labute approximate surface area is 142 Å². The van der Waals surface area contributed by atoms with Crippen LogP contribution in [0.4, 0.5) is 0 Å². The molecule has 0 aromatic rings. The van der Waals surface area contributed by atoms with Gasteiger partial charge >= 0.3 is 0 Å². The van der Waals surface area contributed by atoms with Gasteiger partial charge in [0.1, 0.15) is 5.60 Å². The van der Waals surface area contributed by atoms with Crippen molar-refractivity contribution in [2.45, 2.75) is 72.5 Å². The van der Waals surface area contributed by atoms with Crippen LogP contribution in [-0.2, 0) is 4.74 Å². The molecule has 3 rings (SSSR count). The zero-order valence-corrected chi connectivity index (χ0v) is 16.0. The SMILES string of the molecule is CC1=CC[C@H](C(C)C)[C@H]2/C=C(/C)[C@@]3(C)C=C[C@](C)(O3)C(C)C[C@@H]12. The summed E-state index contributed by atoms with van der Waals surface area (Å²) in [6.07, 6.45) is 12.1. The van der Waals surface area contributed by atoms with Crippen LogP contribution in [0.2, 0.25) is 0 Å². The molecule has 0 aromatic carbocycles. The molecule has 2 heterocycles. The topological polar surface area (TPSA) is 9.23 Å². The van der Waals surface area contributed by atoms with Gasteiger partial charge in [0, 0.05) is 0 Å². The maximum atomic E-state index is 6.62. The zero-order valence-electron chi connectivity index (χ0n) is 16.0. The highest BCUT2D eigenvalue weighted by Crippen LogP contribution is 2.50. The van der Waals surface area contributed by atoms with Crippen molar-refractivity contribution in [2.24, 2.45) is 29.6 Å². The van der Waals surface area contributed by atoms with Crippen LogP contribution in [0.3, 0.4) is 0 Å². The maximum Gasteiger partial charge on any atom is 0.105 e. The summed E-state index contributed by atoms with van der Waals surface area (Å²) in [5.74, 6) is 3.32. The first-order valence-electron chi connectivity index (χ1n) is 9.42. The Kier molecular flexibility index (Phi) is 4.16. The Bertz CT molecular complexity index is 567. The Morgan fingerprint density at radius 2 is 1.87 bits per heavy atom. The van der Waals surface area contributed by atoms with Gasteiger partial charge in [-0.15, -0.1) is 0 Å². The van der Waals surface area contributed by atoms with E-state index >= 15 is 0 Å². The van der Waals surface area contributed by atoms with Crippen molar-refractivity contribution in [1.82, 2.24) is 0 Å². The fourth-order valence-corrected chi connectivity index (χ4v) is 4.93. The number of rotatable bonds is 1. The van der Waals surface area contributed by atoms with Crippen molar-refractivity contribution in [1.29, 1.82) is 0 Å². The smallest absolute Gasteiger partial charge is 0.105 e. The molecule has 1 unspecified atom stereocenters. The molecule has 2 bridgehead atoms. The predicted octanol–water partition coefficient (Wildman–Crippen LogP) is 5.93. The molecule has 128 valence electrons. The first-order valence-corrected chi connectivity index (χ1v) is 9.42. The van der Waals surface area contributed by atoms with Gasteiger partial charge in [0.05, 0.1) is 5.60 Å². The second-order valence-electron chi connectivity index (χ2n) is 8.99. The third kappa shape index (κ3) is 2.76. The molecule has 1 aliphatic carbocycles. The van der Waals surface area contributed by atoms with Gasteiger partial charge in [0.15, 0.2) is 0 Å². The molecule has 6 atom stereocenters. The molecule has 0 aromatic heterocycles. The van der Waals surface area contributed by atoms with Crippen LogP contribution in [0.5, 0.6) is 0 Å². The van der Waals surface area contributed by atoms with E-state index in [1.165, 1.54) is 18.4 Å². The molecule has 0 N–H and O–H groups in total. The van der Waals surface area contributed by atoms with Crippen molar-refractivity contribution in [3.63, 3.8) is 0 Å². The Hall–Kier alpha value is -0.820. The summed E-state index contributed by atoms with van der Waals surface area (Å²) in [6, 6.07) is 0. The summed E-state index contributed by atoms with van der Waals surface area (Å²) in [6.45, 7) is 16.3. The molecule has 2 aliphatic heterocycles. The third-order valence-electron chi connectivity index (χ3n) is 7.09. The van der Waals surface area contributed by atoms with Gasteiger partial charge in [-0.2, -0.15) is 0 Å². The monoisotopic (exact) mass is 314 g/mol. The number of ether oxygens (including phenoxy) is 1. The second-order valence-corrected chi connectivity index (χ2v) is 8.99. The van der Waals surface area contributed by atoms with Crippen LogP contribution in [0.15, 0.2) is 35.5 Å². The number of allylic oxidation sites excluding steroid dienone is 3. The van der Waals surface area contributed by atoms with E-state index in [0.29, 0.717) is 17.8 Å². The summed E-state index contributed by atoms with van der Waals surface area (Å²) >= 11 is 0. The molecular weight excluding hydrogens is 280 g/mol. The van der Waals surface area contributed by atoms with Crippen molar-refractivity contribution < 1.29 is 4.74 Å². The van der Waals surface area contributed by atoms with Crippen LogP contribution >= 0.6 is 0 Å². The minimum Gasteiger partial charge on any atom is -0.356 e. The standard InChI is InChI=1S/C22H34O/c1-14(2)18-9-8-15(3)19-12-16(4)21(6)10-11-22(7,23-21)17(5)13-20(18)19/h8,10-11,13-14,16,18-20H,9,12H2,1-7H3/b17-13-/t16?,18-,19+,20-,21+,22-/m1/s1. The third-order valence-corrected chi connectivity index (χ3v) is 7.09. The van der Waals surface area contributed by atoms with Crippen molar-refractivity contribution in [3.05, 3.63) is 35.5 Å². The van der Waals surface area contributed by atoms with Crippen LogP contribution in [0, 0.1) is 29.6 Å². The Morgan fingerprint density at radius 3 is 2.52 bits per heavy atom. The lowest BCUT2D eigenvalue weighted by atomic mass is 9.64. The van der Waals surface area contributed by atoms with Gasteiger partial charge < -0.3 is 4.74 Å². The Balaban J connectivity index is 2.09. The second kappa shape index (κ2) is 5.62. The summed E-state index contributed by atoms with van der Waals surface area (Å²) in [7, 11) is 0. The van der Waals surface area contributed by atoms with Crippen LogP contribution in [0.25, 0.3) is 0 Å². The van der Waals surface area contributed by atoms with Crippen LogP contribution in [-0.4, -0.2) is 11.2 Å². The van der Waals surface area contributed by atoms with E-state index in [9.17, 15) is 0 Å². The summed E-state index contributed by atoms with van der Waals surface area (Å²) < 4.78 is 6.62. The average Bonchev–Trinajstić information content (AvgIpc) is 2.80. The molecule has 23 heavy (non-hydrogen) atoms. The van der Waals surface area contributed by atoms with Crippen LogP contribution in [0.1, 0.15) is 61.3 Å². The molecule has 1 nitrogen and oxygen atoms in total. The molecule has 3 aliphatic rings. The van der Waals surface area contributed by atoms with E-state index in [2.05, 4.69) is 72.8 Å². The van der Waals surface area contributed by atoms with E-state index in [4.69, 9.17) is 4.74 Å². The zero-order chi connectivity index (χ0) is 17.0. The predicted molar refractivity (Wildman–Crippen MR) is 98.3 cm³/mol. The van der Waals surface area contributed by atoms with Gasteiger partial charge in [-0.3, -0.25) is 0 Å². The quantitative estimate of drug-likeness (QED) is 0.545. The van der Waals surface area contributed by atoms with Gasteiger partial charge in [-0.05, 0) is 75.7 Å². The molecule has 1 heteroatoms. The molecule has 0 radical (unpaired) electrons. The van der Waals surface area contributed by atoms with Gasteiger partial charge in [0.25, 0.3) is 0 Å². The van der Waals surface area contributed by atoms with E-state index in [1.54, 1.807) is 5.57 Å². The number of hydrogen-bond acceptors (Lipinski definition) is 1. The van der Waals surface area contributed by atoms with E-state index < -0.39 is 0 Å². The molecule has 0 fully saturated rings. The van der Waals surface area contributed by atoms with Gasteiger partial charge in [0.2, 0.25) is 0 Å². The first-order chi connectivity index (χ1) is 10.7. The van der Waals surface area contributed by atoms with Gasteiger partial charge in [-0.25, -0.2) is 0 Å².